The van der Waals surface area contributed by atoms with Crippen LogP contribution in [-0.2, 0) is 16.1 Å². The molecule has 0 atom stereocenters. The van der Waals surface area contributed by atoms with Gasteiger partial charge in [0, 0.05) is 12.1 Å². The summed E-state index contributed by atoms with van der Waals surface area (Å²) >= 11 is 0. The lowest BCUT2D eigenvalue weighted by molar-refractivity contribution is -0.125. The van der Waals surface area contributed by atoms with Crippen LogP contribution in [0.2, 0.25) is 0 Å². The Balaban J connectivity index is 1.70. The third-order valence-corrected chi connectivity index (χ3v) is 3.49. The summed E-state index contributed by atoms with van der Waals surface area (Å²) in [6.07, 6.45) is 1.87. The van der Waals surface area contributed by atoms with Crippen LogP contribution in [0.4, 0.5) is 8.78 Å². The lowest BCUT2D eigenvalue weighted by atomic mass is 10.1. The molecule has 0 radical (unpaired) electrons. The second kappa shape index (κ2) is 10.7. The number of carbonyl (C=O) groups excluding carboxylic acids is 1. The quantitative estimate of drug-likeness (QED) is 0.510. The van der Waals surface area contributed by atoms with E-state index in [4.69, 9.17) is 9.57 Å². The summed E-state index contributed by atoms with van der Waals surface area (Å²) in [5, 5.41) is 6.31. The van der Waals surface area contributed by atoms with Crippen LogP contribution in [0.3, 0.4) is 0 Å². The Labute approximate surface area is 155 Å². The average Bonchev–Trinajstić information content (AvgIpc) is 2.66. The first-order chi connectivity index (χ1) is 13.1. The summed E-state index contributed by atoms with van der Waals surface area (Å²) in [5.41, 5.74) is 1.38. The summed E-state index contributed by atoms with van der Waals surface area (Å²) in [5.74, 6) is 0.413. The number of benzene rings is 2. The topological polar surface area (TPSA) is 69.2 Å². The summed E-state index contributed by atoms with van der Waals surface area (Å²) < 4.78 is 34.1. The van der Waals surface area contributed by atoms with Crippen molar-refractivity contribution in [2.45, 2.75) is 13.0 Å². The highest BCUT2D eigenvalue weighted by Gasteiger charge is 2.07. The first-order valence-corrected chi connectivity index (χ1v) is 8.17. The third-order valence-electron chi connectivity index (χ3n) is 3.49. The number of alkyl halides is 2. The van der Waals surface area contributed by atoms with Gasteiger partial charge in [0.25, 0.3) is 5.91 Å². The lowest BCUT2D eigenvalue weighted by Crippen LogP contribution is -2.28. The second-order valence-corrected chi connectivity index (χ2v) is 5.37. The van der Waals surface area contributed by atoms with Crippen LogP contribution < -0.4 is 14.8 Å². The van der Waals surface area contributed by atoms with E-state index in [1.807, 2.05) is 24.3 Å². The zero-order valence-electron chi connectivity index (χ0n) is 14.7. The van der Waals surface area contributed by atoms with Gasteiger partial charge in [-0.2, -0.15) is 8.78 Å². The number of para-hydroxylation sites is 1. The first kappa shape index (κ1) is 20.2. The summed E-state index contributed by atoms with van der Waals surface area (Å²) in [6, 6.07) is 13.7. The Hall–Kier alpha value is -3.16. The molecule has 144 valence electrons. The van der Waals surface area contributed by atoms with E-state index >= 15 is 0 Å². The molecule has 0 aliphatic heterocycles. The van der Waals surface area contributed by atoms with Crippen molar-refractivity contribution in [1.29, 1.82) is 0 Å². The van der Waals surface area contributed by atoms with Gasteiger partial charge in [0.1, 0.15) is 11.5 Å². The van der Waals surface area contributed by atoms with E-state index in [9.17, 15) is 13.6 Å². The van der Waals surface area contributed by atoms with Crippen molar-refractivity contribution in [3.63, 3.8) is 0 Å². The Morgan fingerprint density at radius 3 is 2.63 bits per heavy atom. The molecule has 2 aromatic rings. The Kier molecular flexibility index (Phi) is 8.02. The average molecular weight is 378 g/mol. The van der Waals surface area contributed by atoms with E-state index in [0.29, 0.717) is 18.5 Å². The van der Waals surface area contributed by atoms with Gasteiger partial charge in [-0.3, -0.25) is 4.79 Å². The molecule has 6 nitrogen and oxygen atoms in total. The number of amides is 1. The maximum Gasteiger partial charge on any atom is 0.387 e. The molecule has 0 aromatic heterocycles. The minimum absolute atomic E-state index is 0.0243. The highest BCUT2D eigenvalue weighted by molar-refractivity contribution is 5.83. The van der Waals surface area contributed by atoms with E-state index in [2.05, 4.69) is 15.2 Å². The molecule has 27 heavy (non-hydrogen) atoms. The van der Waals surface area contributed by atoms with Crippen LogP contribution in [0.25, 0.3) is 0 Å². The van der Waals surface area contributed by atoms with Crippen molar-refractivity contribution in [3.8, 4) is 11.5 Å². The van der Waals surface area contributed by atoms with E-state index in [-0.39, 0.29) is 18.3 Å². The predicted molar refractivity (Wildman–Crippen MR) is 96.3 cm³/mol. The summed E-state index contributed by atoms with van der Waals surface area (Å²) in [4.78, 5) is 16.6. The molecule has 0 aliphatic rings. The molecule has 0 bridgehead atoms. The smallest absolute Gasteiger partial charge is 0.387 e. The number of methoxy groups -OCH3 is 1. The number of nitrogens with one attached hydrogen (secondary N) is 1. The molecule has 1 amide bonds. The third kappa shape index (κ3) is 7.31. The number of nitrogens with zero attached hydrogens (tertiary/aromatic N) is 1. The zero-order valence-corrected chi connectivity index (χ0v) is 14.7. The molecule has 0 aliphatic carbocycles. The zero-order chi connectivity index (χ0) is 19.5. The minimum Gasteiger partial charge on any atom is -0.497 e. The molecule has 0 saturated carbocycles. The molecule has 2 rings (SSSR count). The molecule has 0 unspecified atom stereocenters. The van der Waals surface area contributed by atoms with Crippen molar-refractivity contribution < 1.29 is 27.9 Å². The second-order valence-electron chi connectivity index (χ2n) is 5.37. The Morgan fingerprint density at radius 1 is 1.19 bits per heavy atom. The molecule has 0 saturated heterocycles. The molecule has 2 aromatic carbocycles. The van der Waals surface area contributed by atoms with Gasteiger partial charge in [-0.1, -0.05) is 29.4 Å². The summed E-state index contributed by atoms with van der Waals surface area (Å²) in [6.45, 7) is -2.77. The highest BCUT2D eigenvalue weighted by atomic mass is 19.3. The van der Waals surface area contributed by atoms with Gasteiger partial charge in [-0.25, -0.2) is 0 Å². The van der Waals surface area contributed by atoms with E-state index in [0.717, 1.165) is 11.3 Å². The molecule has 1 N–H and O–H groups in total. The number of hydrogen-bond acceptors (Lipinski definition) is 5. The van der Waals surface area contributed by atoms with Crippen LogP contribution >= 0.6 is 0 Å². The number of ether oxygens (including phenoxy) is 2. The van der Waals surface area contributed by atoms with E-state index < -0.39 is 6.61 Å². The van der Waals surface area contributed by atoms with Gasteiger partial charge in [-0.05, 0) is 36.2 Å². The summed E-state index contributed by atoms with van der Waals surface area (Å²) in [7, 11) is 1.60. The highest BCUT2D eigenvalue weighted by Crippen LogP contribution is 2.18. The van der Waals surface area contributed by atoms with Crippen molar-refractivity contribution in [2.75, 3.05) is 20.3 Å². The van der Waals surface area contributed by atoms with Crippen LogP contribution in [0.1, 0.15) is 11.1 Å². The fourth-order valence-electron chi connectivity index (χ4n) is 2.17. The molecule has 8 heteroatoms. The van der Waals surface area contributed by atoms with Gasteiger partial charge >= 0.3 is 6.61 Å². The van der Waals surface area contributed by atoms with Gasteiger partial charge < -0.3 is 19.6 Å². The fourth-order valence-corrected chi connectivity index (χ4v) is 2.17. The number of halogens is 2. The van der Waals surface area contributed by atoms with Crippen LogP contribution in [0.5, 0.6) is 11.5 Å². The number of rotatable bonds is 10. The monoisotopic (exact) mass is 378 g/mol. The van der Waals surface area contributed by atoms with Crippen LogP contribution in [0, 0.1) is 0 Å². The van der Waals surface area contributed by atoms with Crippen molar-refractivity contribution in [1.82, 2.24) is 5.32 Å². The van der Waals surface area contributed by atoms with Crippen LogP contribution in [0.15, 0.2) is 53.7 Å². The number of oxime groups is 1. The lowest BCUT2D eigenvalue weighted by Gasteiger charge is -2.07. The maximum absolute atomic E-state index is 12.3. The van der Waals surface area contributed by atoms with Crippen molar-refractivity contribution >= 4 is 12.1 Å². The Bertz CT molecular complexity index is 752. The standard InChI is InChI=1S/C19H20F2N2O4/c1-25-16-8-6-14(7-9-16)10-11-22-18(24)13-26-23-12-15-4-2-3-5-17(15)27-19(20)21/h2-9,12,19H,10-11,13H2,1H3,(H,22,24)/b23-12-. The van der Waals surface area contributed by atoms with E-state index in [1.54, 1.807) is 25.3 Å². The molecule has 0 heterocycles. The van der Waals surface area contributed by atoms with Crippen molar-refractivity contribution in [2.24, 2.45) is 5.16 Å². The minimum atomic E-state index is -2.93. The maximum atomic E-state index is 12.3. The molecule has 0 fully saturated rings. The first-order valence-electron chi connectivity index (χ1n) is 8.17. The van der Waals surface area contributed by atoms with E-state index in [1.165, 1.54) is 12.3 Å². The molecule has 0 spiro atoms. The van der Waals surface area contributed by atoms with Crippen LogP contribution in [-0.4, -0.2) is 39.0 Å². The SMILES string of the molecule is COc1ccc(CCNC(=O)CO/N=C\c2ccccc2OC(F)F)cc1. The van der Waals surface area contributed by atoms with Crippen molar-refractivity contribution in [3.05, 3.63) is 59.7 Å². The van der Waals surface area contributed by atoms with Gasteiger partial charge in [-0.15, -0.1) is 0 Å². The molecular formula is C19H20F2N2O4. The Morgan fingerprint density at radius 2 is 1.93 bits per heavy atom. The largest absolute Gasteiger partial charge is 0.497 e. The number of hydrogen-bond donors (Lipinski definition) is 1. The number of carbonyl (C=O) groups is 1. The normalized spacial score (nSPS) is 10.8. The van der Waals surface area contributed by atoms with Gasteiger partial charge in [0.2, 0.25) is 0 Å². The predicted octanol–water partition coefficient (Wildman–Crippen LogP) is 3.01. The molecular weight excluding hydrogens is 358 g/mol. The fraction of sp³-hybridized carbons (Fsp3) is 0.263. The van der Waals surface area contributed by atoms with Gasteiger partial charge in [0.05, 0.1) is 13.3 Å². The van der Waals surface area contributed by atoms with Gasteiger partial charge in [0.15, 0.2) is 6.61 Å².